The largest absolute Gasteiger partial charge is 0.382 e. The van der Waals surface area contributed by atoms with E-state index in [1.807, 2.05) is 0 Å². The molecule has 2 rings (SSSR count). The minimum atomic E-state index is 0.351. The SMILES string of the molecule is CN(C)C1CCCN(c2ncnc(N)c2Cl)C1. The Morgan fingerprint density at radius 3 is 2.94 bits per heavy atom. The number of rotatable bonds is 2. The maximum atomic E-state index is 6.15. The van der Waals surface area contributed by atoms with Crippen molar-refractivity contribution in [3.63, 3.8) is 0 Å². The van der Waals surface area contributed by atoms with Crippen LogP contribution in [0.5, 0.6) is 0 Å². The number of likely N-dealkylation sites (N-methyl/N-ethyl adjacent to an activating group) is 1. The zero-order valence-corrected chi connectivity index (χ0v) is 11.0. The van der Waals surface area contributed by atoms with Gasteiger partial charge in [-0.1, -0.05) is 11.6 Å². The number of nitrogens with zero attached hydrogens (tertiary/aromatic N) is 4. The van der Waals surface area contributed by atoms with Gasteiger partial charge < -0.3 is 15.5 Å². The minimum Gasteiger partial charge on any atom is -0.382 e. The average molecular weight is 256 g/mol. The highest BCUT2D eigenvalue weighted by molar-refractivity contribution is 6.35. The molecule has 0 saturated carbocycles. The standard InChI is InChI=1S/C11H18ClN5/c1-16(2)8-4-3-5-17(6-8)11-9(12)10(13)14-7-15-11/h7-8H,3-6H2,1-2H3,(H2,13,14,15). The number of halogens is 1. The lowest BCUT2D eigenvalue weighted by Gasteiger charge is -2.37. The molecule has 1 saturated heterocycles. The van der Waals surface area contributed by atoms with Crippen LogP contribution in [0.2, 0.25) is 5.02 Å². The molecule has 0 amide bonds. The lowest BCUT2D eigenvalue weighted by molar-refractivity contribution is 0.257. The van der Waals surface area contributed by atoms with Gasteiger partial charge >= 0.3 is 0 Å². The van der Waals surface area contributed by atoms with Crippen LogP contribution in [0, 0.1) is 0 Å². The zero-order valence-electron chi connectivity index (χ0n) is 10.2. The highest BCUT2D eigenvalue weighted by atomic mass is 35.5. The number of anilines is 2. The molecule has 0 aromatic carbocycles. The maximum absolute atomic E-state index is 6.15. The molecular weight excluding hydrogens is 238 g/mol. The predicted octanol–water partition coefficient (Wildman–Crippen LogP) is 1.24. The first-order valence-corrected chi connectivity index (χ1v) is 6.14. The first-order chi connectivity index (χ1) is 8.09. The number of piperidine rings is 1. The molecule has 1 aromatic rings. The van der Waals surface area contributed by atoms with Crippen molar-refractivity contribution in [3.05, 3.63) is 11.3 Å². The molecule has 0 spiro atoms. The lowest BCUT2D eigenvalue weighted by Crippen LogP contribution is -2.45. The van der Waals surface area contributed by atoms with Gasteiger partial charge in [0.25, 0.3) is 0 Å². The van der Waals surface area contributed by atoms with Gasteiger partial charge in [0.2, 0.25) is 0 Å². The van der Waals surface area contributed by atoms with Gasteiger partial charge in [0.1, 0.15) is 17.2 Å². The Bertz CT molecular complexity index is 395. The Kier molecular flexibility index (Phi) is 3.69. The summed E-state index contributed by atoms with van der Waals surface area (Å²) in [7, 11) is 4.20. The molecule has 2 heterocycles. The van der Waals surface area contributed by atoms with Gasteiger partial charge in [-0.15, -0.1) is 0 Å². The van der Waals surface area contributed by atoms with Crippen molar-refractivity contribution in [1.29, 1.82) is 0 Å². The molecule has 1 aliphatic heterocycles. The lowest BCUT2D eigenvalue weighted by atomic mass is 10.1. The first-order valence-electron chi connectivity index (χ1n) is 5.77. The van der Waals surface area contributed by atoms with Gasteiger partial charge in [0.15, 0.2) is 5.82 Å². The molecule has 1 aromatic heterocycles. The van der Waals surface area contributed by atoms with Crippen molar-refractivity contribution in [2.24, 2.45) is 0 Å². The van der Waals surface area contributed by atoms with Crippen molar-refractivity contribution in [3.8, 4) is 0 Å². The van der Waals surface area contributed by atoms with Gasteiger partial charge in [-0.3, -0.25) is 0 Å². The molecule has 1 unspecified atom stereocenters. The molecule has 5 nitrogen and oxygen atoms in total. The van der Waals surface area contributed by atoms with Crippen LogP contribution in [0.1, 0.15) is 12.8 Å². The molecule has 17 heavy (non-hydrogen) atoms. The maximum Gasteiger partial charge on any atom is 0.153 e. The molecule has 0 radical (unpaired) electrons. The van der Waals surface area contributed by atoms with E-state index in [0.717, 1.165) is 25.3 Å². The second-order valence-corrected chi connectivity index (χ2v) is 4.98. The summed E-state index contributed by atoms with van der Waals surface area (Å²) in [6, 6.07) is 0.538. The fourth-order valence-electron chi connectivity index (χ4n) is 2.16. The monoisotopic (exact) mass is 255 g/mol. The summed E-state index contributed by atoms with van der Waals surface area (Å²) in [4.78, 5) is 12.6. The Morgan fingerprint density at radius 2 is 2.24 bits per heavy atom. The fourth-order valence-corrected chi connectivity index (χ4v) is 2.38. The second kappa shape index (κ2) is 5.06. The summed E-state index contributed by atoms with van der Waals surface area (Å²) in [6.45, 7) is 1.91. The van der Waals surface area contributed by atoms with E-state index in [9.17, 15) is 0 Å². The van der Waals surface area contributed by atoms with Crippen molar-refractivity contribution in [1.82, 2.24) is 14.9 Å². The Balaban J connectivity index is 2.19. The third-order valence-corrected chi connectivity index (χ3v) is 3.59. The molecule has 0 aliphatic carbocycles. The van der Waals surface area contributed by atoms with Crippen LogP contribution in [-0.4, -0.2) is 48.1 Å². The smallest absolute Gasteiger partial charge is 0.153 e. The highest BCUT2D eigenvalue weighted by Gasteiger charge is 2.24. The molecular formula is C11H18ClN5. The number of aromatic nitrogens is 2. The molecule has 1 atom stereocenters. The van der Waals surface area contributed by atoms with Crippen LogP contribution >= 0.6 is 11.6 Å². The topological polar surface area (TPSA) is 58.3 Å². The molecule has 6 heteroatoms. The Labute approximate surface area is 107 Å². The normalized spacial score (nSPS) is 20.9. The van der Waals surface area contributed by atoms with Crippen molar-refractivity contribution in [2.75, 3.05) is 37.8 Å². The Hall–Kier alpha value is -1.07. The van der Waals surface area contributed by atoms with Gasteiger partial charge in [-0.05, 0) is 26.9 Å². The number of hydrogen-bond donors (Lipinski definition) is 1. The minimum absolute atomic E-state index is 0.351. The van der Waals surface area contributed by atoms with Gasteiger partial charge in [0, 0.05) is 19.1 Å². The van der Waals surface area contributed by atoms with Gasteiger partial charge in [-0.25, -0.2) is 9.97 Å². The van der Waals surface area contributed by atoms with Crippen LogP contribution in [0.15, 0.2) is 6.33 Å². The summed E-state index contributed by atoms with van der Waals surface area (Å²) in [5.41, 5.74) is 5.70. The van der Waals surface area contributed by atoms with Crippen LogP contribution in [0.4, 0.5) is 11.6 Å². The number of nitrogens with two attached hydrogens (primary N) is 1. The van der Waals surface area contributed by atoms with E-state index in [1.54, 1.807) is 0 Å². The summed E-state index contributed by atoms with van der Waals surface area (Å²) in [5, 5.41) is 0.465. The van der Waals surface area contributed by atoms with Crippen LogP contribution in [-0.2, 0) is 0 Å². The third kappa shape index (κ3) is 2.61. The van der Waals surface area contributed by atoms with E-state index >= 15 is 0 Å². The van der Waals surface area contributed by atoms with E-state index in [-0.39, 0.29) is 0 Å². The molecule has 1 aliphatic rings. The van der Waals surface area contributed by atoms with Crippen molar-refractivity contribution >= 4 is 23.2 Å². The van der Waals surface area contributed by atoms with E-state index in [1.165, 1.54) is 12.7 Å². The zero-order chi connectivity index (χ0) is 12.4. The quantitative estimate of drug-likeness (QED) is 0.862. The fraction of sp³-hybridized carbons (Fsp3) is 0.636. The molecule has 94 valence electrons. The average Bonchev–Trinajstić information content (AvgIpc) is 2.33. The van der Waals surface area contributed by atoms with Gasteiger partial charge in [-0.2, -0.15) is 0 Å². The first kappa shape index (κ1) is 12.4. The summed E-state index contributed by atoms with van der Waals surface area (Å²) < 4.78 is 0. The Morgan fingerprint density at radius 1 is 1.47 bits per heavy atom. The van der Waals surface area contributed by atoms with E-state index in [2.05, 4.69) is 33.9 Å². The summed E-state index contributed by atoms with van der Waals surface area (Å²) in [6.07, 6.45) is 3.82. The van der Waals surface area contributed by atoms with Crippen LogP contribution < -0.4 is 10.6 Å². The van der Waals surface area contributed by atoms with Gasteiger partial charge in [0.05, 0.1) is 0 Å². The van der Waals surface area contributed by atoms with Crippen LogP contribution in [0.25, 0.3) is 0 Å². The third-order valence-electron chi connectivity index (χ3n) is 3.22. The summed E-state index contributed by atoms with van der Waals surface area (Å²) in [5.74, 6) is 1.11. The second-order valence-electron chi connectivity index (χ2n) is 4.60. The van der Waals surface area contributed by atoms with E-state index < -0.39 is 0 Å². The van der Waals surface area contributed by atoms with Crippen molar-refractivity contribution in [2.45, 2.75) is 18.9 Å². The number of hydrogen-bond acceptors (Lipinski definition) is 5. The van der Waals surface area contributed by atoms with Crippen molar-refractivity contribution < 1.29 is 0 Å². The molecule has 1 fully saturated rings. The van der Waals surface area contributed by atoms with E-state index in [4.69, 9.17) is 17.3 Å². The summed E-state index contributed by atoms with van der Waals surface area (Å²) >= 11 is 6.15. The highest BCUT2D eigenvalue weighted by Crippen LogP contribution is 2.29. The van der Waals surface area contributed by atoms with E-state index in [0.29, 0.717) is 16.9 Å². The molecule has 2 N–H and O–H groups in total. The molecule has 0 bridgehead atoms. The van der Waals surface area contributed by atoms with Crippen LogP contribution in [0.3, 0.4) is 0 Å². The number of nitrogen functional groups attached to an aromatic ring is 1. The predicted molar refractivity (Wildman–Crippen MR) is 70.4 cm³/mol.